The number of ether oxygens (including phenoxy) is 2. The summed E-state index contributed by atoms with van der Waals surface area (Å²) in [6, 6.07) is 5.12. The number of carboxylic acid groups (broad SMARTS) is 1. The zero-order valence-corrected chi connectivity index (χ0v) is 9.52. The summed E-state index contributed by atoms with van der Waals surface area (Å²) in [7, 11) is 1.56. The fraction of sp³-hybridized carbons (Fsp3) is 0.100. The largest absolute Gasteiger partial charge is 0.497 e. The van der Waals surface area contributed by atoms with Crippen molar-refractivity contribution < 1.29 is 19.4 Å². The molecule has 4 nitrogen and oxygen atoms in total. The van der Waals surface area contributed by atoms with E-state index in [0.29, 0.717) is 16.0 Å². The smallest absolute Gasteiger partial charge is 0.331 e. The topological polar surface area (TPSA) is 55.8 Å². The first-order chi connectivity index (χ1) is 7.13. The van der Waals surface area contributed by atoms with Gasteiger partial charge in [-0.25, -0.2) is 4.79 Å². The molecule has 15 heavy (non-hydrogen) atoms. The Morgan fingerprint density at radius 3 is 2.80 bits per heavy atom. The minimum absolute atomic E-state index is 0.522. The molecule has 0 saturated carbocycles. The van der Waals surface area contributed by atoms with Gasteiger partial charge in [-0.05, 0) is 34.1 Å². The van der Waals surface area contributed by atoms with Gasteiger partial charge in [-0.2, -0.15) is 0 Å². The number of hydrogen-bond acceptors (Lipinski definition) is 3. The van der Waals surface area contributed by atoms with Crippen LogP contribution in [0.4, 0.5) is 0 Å². The highest BCUT2D eigenvalue weighted by atomic mass is 79.9. The average molecular weight is 273 g/mol. The van der Waals surface area contributed by atoms with E-state index < -0.39 is 5.97 Å². The molecule has 1 aromatic rings. The van der Waals surface area contributed by atoms with Crippen LogP contribution in [0.2, 0.25) is 0 Å². The van der Waals surface area contributed by atoms with Gasteiger partial charge in [0.05, 0.1) is 23.9 Å². The molecule has 0 aliphatic carbocycles. The Labute approximate surface area is 95.3 Å². The number of carbonyl (C=O) groups is 1. The lowest BCUT2D eigenvalue weighted by Gasteiger charge is -2.05. The number of halogens is 1. The summed E-state index contributed by atoms with van der Waals surface area (Å²) in [5.41, 5.74) is 0. The highest BCUT2D eigenvalue weighted by Gasteiger charge is 2.01. The van der Waals surface area contributed by atoms with Crippen molar-refractivity contribution in [2.75, 3.05) is 7.11 Å². The molecule has 0 aliphatic rings. The summed E-state index contributed by atoms with van der Waals surface area (Å²) in [5.74, 6) is 0.157. The molecule has 1 rings (SSSR count). The molecule has 0 aliphatic heterocycles. The number of methoxy groups -OCH3 is 1. The van der Waals surface area contributed by atoms with Gasteiger partial charge < -0.3 is 14.6 Å². The zero-order chi connectivity index (χ0) is 11.3. The van der Waals surface area contributed by atoms with Crippen LogP contribution in [-0.4, -0.2) is 18.2 Å². The Morgan fingerprint density at radius 1 is 1.53 bits per heavy atom. The number of hydrogen-bond donors (Lipinski definition) is 1. The van der Waals surface area contributed by atoms with Crippen LogP contribution in [0.15, 0.2) is 35.0 Å². The van der Waals surface area contributed by atoms with Crippen LogP contribution in [0.1, 0.15) is 0 Å². The Hall–Kier alpha value is -1.49. The van der Waals surface area contributed by atoms with Gasteiger partial charge in [0, 0.05) is 0 Å². The molecule has 80 valence electrons. The summed E-state index contributed by atoms with van der Waals surface area (Å²) in [4.78, 5) is 10.2. The van der Waals surface area contributed by atoms with Crippen LogP contribution in [0, 0.1) is 0 Å². The highest BCUT2D eigenvalue weighted by Crippen LogP contribution is 2.29. The normalized spacial score (nSPS) is 10.3. The maximum atomic E-state index is 10.2. The fourth-order valence-corrected chi connectivity index (χ4v) is 1.32. The predicted octanol–water partition coefficient (Wildman–Crippen LogP) is 2.43. The molecule has 0 spiro atoms. The molecule has 0 unspecified atom stereocenters. The SMILES string of the molecule is COc1ccc(OC=CC(=O)O)c(Br)c1. The van der Waals surface area contributed by atoms with Gasteiger partial charge in [0.15, 0.2) is 0 Å². The summed E-state index contributed by atoms with van der Waals surface area (Å²) in [5, 5.41) is 8.34. The Kier molecular flexibility index (Phi) is 4.17. The van der Waals surface area contributed by atoms with E-state index in [4.69, 9.17) is 14.6 Å². The first-order valence-electron chi connectivity index (χ1n) is 4.03. The van der Waals surface area contributed by atoms with Crippen molar-refractivity contribution in [3.63, 3.8) is 0 Å². The zero-order valence-electron chi connectivity index (χ0n) is 7.94. The third kappa shape index (κ3) is 3.63. The standard InChI is InChI=1S/C10H9BrO4/c1-14-7-2-3-9(8(11)6-7)15-5-4-10(12)13/h2-6H,1H3,(H,12,13). The molecule has 0 saturated heterocycles. The van der Waals surface area contributed by atoms with Crippen LogP contribution in [0.5, 0.6) is 11.5 Å². The average Bonchev–Trinajstić information content (AvgIpc) is 2.20. The minimum atomic E-state index is -1.06. The van der Waals surface area contributed by atoms with Gasteiger partial charge in [0.1, 0.15) is 11.5 Å². The van der Waals surface area contributed by atoms with Crippen LogP contribution in [0.25, 0.3) is 0 Å². The molecule has 1 N–H and O–H groups in total. The van der Waals surface area contributed by atoms with Crippen molar-refractivity contribution in [2.24, 2.45) is 0 Å². The van der Waals surface area contributed by atoms with E-state index in [-0.39, 0.29) is 0 Å². The molecule has 0 heterocycles. The molecular formula is C10H9BrO4. The van der Waals surface area contributed by atoms with Crippen molar-refractivity contribution in [1.82, 2.24) is 0 Å². The van der Waals surface area contributed by atoms with Crippen molar-refractivity contribution >= 4 is 21.9 Å². The molecule has 0 radical (unpaired) electrons. The Bertz CT molecular complexity index is 387. The summed E-state index contributed by atoms with van der Waals surface area (Å²) >= 11 is 3.27. The van der Waals surface area contributed by atoms with Gasteiger partial charge in [-0.1, -0.05) is 0 Å². The maximum absolute atomic E-state index is 10.2. The Balaban J connectivity index is 2.74. The van der Waals surface area contributed by atoms with Gasteiger partial charge in [0.25, 0.3) is 0 Å². The summed E-state index contributed by atoms with van der Waals surface area (Å²) in [6.07, 6.45) is 2.02. The van der Waals surface area contributed by atoms with E-state index in [0.717, 1.165) is 12.3 Å². The maximum Gasteiger partial charge on any atom is 0.331 e. The van der Waals surface area contributed by atoms with Crippen molar-refractivity contribution in [2.45, 2.75) is 0 Å². The molecule has 0 bridgehead atoms. The molecule has 0 fully saturated rings. The quantitative estimate of drug-likeness (QED) is 0.676. The molecule has 0 atom stereocenters. The van der Waals surface area contributed by atoms with Gasteiger partial charge in [-0.3, -0.25) is 0 Å². The monoisotopic (exact) mass is 272 g/mol. The number of benzene rings is 1. The lowest BCUT2D eigenvalue weighted by molar-refractivity contribution is -0.131. The fourth-order valence-electron chi connectivity index (χ4n) is 0.870. The van der Waals surface area contributed by atoms with E-state index >= 15 is 0 Å². The molecule has 5 heteroatoms. The van der Waals surface area contributed by atoms with Gasteiger partial charge in [0.2, 0.25) is 0 Å². The first kappa shape index (κ1) is 11.6. The summed E-state index contributed by atoms with van der Waals surface area (Å²) < 4.78 is 10.8. The Morgan fingerprint density at radius 2 is 2.27 bits per heavy atom. The van der Waals surface area contributed by atoms with E-state index in [1.165, 1.54) is 0 Å². The van der Waals surface area contributed by atoms with Crippen LogP contribution in [-0.2, 0) is 4.79 Å². The van der Waals surface area contributed by atoms with Crippen molar-refractivity contribution in [3.8, 4) is 11.5 Å². The highest BCUT2D eigenvalue weighted by molar-refractivity contribution is 9.10. The van der Waals surface area contributed by atoms with Gasteiger partial charge in [-0.15, -0.1) is 0 Å². The third-order valence-electron chi connectivity index (χ3n) is 1.54. The van der Waals surface area contributed by atoms with Gasteiger partial charge >= 0.3 is 5.97 Å². The third-order valence-corrected chi connectivity index (χ3v) is 2.16. The molecule has 0 aromatic heterocycles. The van der Waals surface area contributed by atoms with E-state index in [1.54, 1.807) is 25.3 Å². The number of carboxylic acids is 1. The van der Waals surface area contributed by atoms with E-state index in [1.807, 2.05) is 0 Å². The number of rotatable bonds is 4. The van der Waals surface area contributed by atoms with Crippen LogP contribution in [0.3, 0.4) is 0 Å². The van der Waals surface area contributed by atoms with Crippen LogP contribution < -0.4 is 9.47 Å². The summed E-state index contributed by atoms with van der Waals surface area (Å²) in [6.45, 7) is 0. The second kappa shape index (κ2) is 5.41. The van der Waals surface area contributed by atoms with E-state index in [2.05, 4.69) is 15.9 Å². The lowest BCUT2D eigenvalue weighted by atomic mass is 10.3. The second-order valence-corrected chi connectivity index (χ2v) is 3.41. The second-order valence-electron chi connectivity index (χ2n) is 2.56. The van der Waals surface area contributed by atoms with E-state index in [9.17, 15) is 4.79 Å². The van der Waals surface area contributed by atoms with Crippen molar-refractivity contribution in [3.05, 3.63) is 35.0 Å². The van der Waals surface area contributed by atoms with Crippen LogP contribution >= 0.6 is 15.9 Å². The van der Waals surface area contributed by atoms with Crippen molar-refractivity contribution in [1.29, 1.82) is 0 Å². The molecule has 0 amide bonds. The minimum Gasteiger partial charge on any atom is -0.497 e. The number of aliphatic carboxylic acids is 1. The predicted molar refractivity (Wildman–Crippen MR) is 58.1 cm³/mol. The molecular weight excluding hydrogens is 264 g/mol. The first-order valence-corrected chi connectivity index (χ1v) is 4.82. The molecule has 1 aromatic carbocycles. The lowest BCUT2D eigenvalue weighted by Crippen LogP contribution is -1.90.